The fourth-order valence-electron chi connectivity index (χ4n) is 2.99. The molecule has 0 aliphatic carbocycles. The summed E-state index contributed by atoms with van der Waals surface area (Å²) in [5.74, 6) is 1.12. The van der Waals surface area contributed by atoms with Gasteiger partial charge in [-0.25, -0.2) is 18.4 Å². The highest BCUT2D eigenvalue weighted by Crippen LogP contribution is 2.24. The van der Waals surface area contributed by atoms with Gasteiger partial charge in [0.25, 0.3) is 0 Å². The Balaban J connectivity index is 1.79. The zero-order chi connectivity index (χ0) is 18.1. The molecule has 0 spiro atoms. The predicted octanol–water partition coefficient (Wildman–Crippen LogP) is 1.40. The Morgan fingerprint density at radius 1 is 1.19 bits per heavy atom. The average molecular weight is 373 g/mol. The molecule has 1 saturated heterocycles. The number of aromatic amines is 1. The van der Waals surface area contributed by atoms with E-state index in [9.17, 15) is 8.42 Å². The molecule has 1 aliphatic heterocycles. The molecule has 8 nitrogen and oxygen atoms in total. The Morgan fingerprint density at radius 2 is 2.00 bits per heavy atom. The van der Waals surface area contributed by atoms with Gasteiger partial charge >= 0.3 is 0 Å². The van der Waals surface area contributed by atoms with Crippen molar-refractivity contribution in [2.45, 2.75) is 5.75 Å². The van der Waals surface area contributed by atoms with Crippen LogP contribution in [-0.2, 0) is 20.3 Å². The number of aromatic nitrogens is 4. The van der Waals surface area contributed by atoms with Crippen molar-refractivity contribution in [3.05, 3.63) is 36.2 Å². The van der Waals surface area contributed by atoms with Crippen LogP contribution in [0.3, 0.4) is 0 Å². The number of benzene rings is 1. The summed E-state index contributed by atoms with van der Waals surface area (Å²) in [6.45, 7) is 2.69. The SMILES string of the molecule is CS(=O)(=O)Cc1cc(N2CCOCC2)nc(-c2ccc3[nH]ncc3c2)n1. The third kappa shape index (κ3) is 3.68. The molecule has 0 atom stereocenters. The number of ether oxygens (including phenoxy) is 1. The van der Waals surface area contributed by atoms with E-state index in [1.54, 1.807) is 12.3 Å². The third-order valence-electron chi connectivity index (χ3n) is 4.21. The molecule has 9 heteroatoms. The summed E-state index contributed by atoms with van der Waals surface area (Å²) in [5.41, 5.74) is 2.24. The molecule has 2 aromatic heterocycles. The maximum absolute atomic E-state index is 11.8. The largest absolute Gasteiger partial charge is 0.378 e. The normalized spacial score (nSPS) is 15.5. The number of nitrogens with zero attached hydrogens (tertiary/aromatic N) is 4. The molecular formula is C17H19N5O3S. The average Bonchev–Trinajstić information content (AvgIpc) is 3.08. The predicted molar refractivity (Wildman–Crippen MR) is 98.7 cm³/mol. The van der Waals surface area contributed by atoms with Gasteiger partial charge in [-0.2, -0.15) is 5.10 Å². The topological polar surface area (TPSA) is 101 Å². The molecule has 0 radical (unpaired) electrons. The molecule has 0 amide bonds. The summed E-state index contributed by atoms with van der Waals surface area (Å²) in [6.07, 6.45) is 2.95. The second-order valence-corrected chi connectivity index (χ2v) is 8.52. The second-order valence-electron chi connectivity index (χ2n) is 6.38. The molecule has 0 unspecified atom stereocenters. The Labute approximate surface area is 151 Å². The Bertz CT molecular complexity index is 1040. The van der Waals surface area contributed by atoms with Crippen LogP contribution in [-0.4, -0.2) is 61.1 Å². The number of fused-ring (bicyclic) bond motifs is 1. The standard InChI is InChI=1S/C17H19N5O3S/c1-26(23,24)11-14-9-16(22-4-6-25-7-5-22)20-17(19-14)12-2-3-15-13(8-12)10-18-21-15/h2-3,8-10H,4-7,11H2,1H3,(H,18,21). The number of sulfone groups is 1. The molecule has 1 aliphatic rings. The van der Waals surface area contributed by atoms with Crippen LogP contribution in [0.15, 0.2) is 30.5 Å². The third-order valence-corrected chi connectivity index (χ3v) is 5.03. The summed E-state index contributed by atoms with van der Waals surface area (Å²) in [5, 5.41) is 7.89. The molecule has 136 valence electrons. The smallest absolute Gasteiger partial charge is 0.161 e. The minimum absolute atomic E-state index is 0.117. The maximum Gasteiger partial charge on any atom is 0.161 e. The number of morpholine rings is 1. The summed E-state index contributed by atoms with van der Waals surface area (Å²) in [6, 6.07) is 7.52. The molecule has 26 heavy (non-hydrogen) atoms. The lowest BCUT2D eigenvalue weighted by atomic mass is 10.1. The van der Waals surface area contributed by atoms with Crippen molar-refractivity contribution in [1.29, 1.82) is 0 Å². The summed E-state index contributed by atoms with van der Waals surface area (Å²) in [4.78, 5) is 11.3. The molecule has 4 rings (SSSR count). The molecule has 3 heterocycles. The van der Waals surface area contributed by atoms with Crippen LogP contribution >= 0.6 is 0 Å². The van der Waals surface area contributed by atoms with E-state index < -0.39 is 9.84 Å². The zero-order valence-corrected chi connectivity index (χ0v) is 15.2. The number of H-pyrrole nitrogens is 1. The van der Waals surface area contributed by atoms with E-state index in [-0.39, 0.29) is 5.75 Å². The summed E-state index contributed by atoms with van der Waals surface area (Å²) >= 11 is 0. The van der Waals surface area contributed by atoms with Gasteiger partial charge in [0.1, 0.15) is 5.82 Å². The van der Waals surface area contributed by atoms with Crippen LogP contribution in [0.4, 0.5) is 5.82 Å². The van der Waals surface area contributed by atoms with Gasteiger partial charge in [0, 0.05) is 36.4 Å². The minimum Gasteiger partial charge on any atom is -0.378 e. The quantitative estimate of drug-likeness (QED) is 0.738. The number of hydrogen-bond donors (Lipinski definition) is 1. The highest BCUT2D eigenvalue weighted by Gasteiger charge is 2.17. The van der Waals surface area contributed by atoms with Gasteiger partial charge in [-0.3, -0.25) is 5.10 Å². The molecule has 0 saturated carbocycles. The van der Waals surface area contributed by atoms with Crippen LogP contribution in [0.2, 0.25) is 0 Å². The van der Waals surface area contributed by atoms with E-state index in [1.807, 2.05) is 18.2 Å². The van der Waals surface area contributed by atoms with Gasteiger partial charge in [-0.15, -0.1) is 0 Å². The van der Waals surface area contributed by atoms with Gasteiger partial charge < -0.3 is 9.64 Å². The zero-order valence-electron chi connectivity index (χ0n) is 14.3. The molecule has 0 bridgehead atoms. The molecule has 1 aromatic carbocycles. The van der Waals surface area contributed by atoms with Crippen molar-refractivity contribution in [3.8, 4) is 11.4 Å². The van der Waals surface area contributed by atoms with Crippen molar-refractivity contribution in [2.24, 2.45) is 0 Å². The lowest BCUT2D eigenvalue weighted by Gasteiger charge is -2.28. The molecule has 1 N–H and O–H groups in total. The second kappa shape index (κ2) is 6.65. The van der Waals surface area contributed by atoms with Crippen LogP contribution < -0.4 is 4.90 Å². The first-order valence-corrected chi connectivity index (χ1v) is 10.4. The number of anilines is 1. The minimum atomic E-state index is -3.20. The van der Waals surface area contributed by atoms with Gasteiger partial charge in [-0.05, 0) is 18.2 Å². The Kier molecular flexibility index (Phi) is 4.33. The van der Waals surface area contributed by atoms with E-state index in [0.717, 1.165) is 35.4 Å². The number of nitrogens with one attached hydrogen (secondary N) is 1. The first-order valence-electron chi connectivity index (χ1n) is 8.30. The fourth-order valence-corrected chi connectivity index (χ4v) is 3.68. The van der Waals surface area contributed by atoms with Crippen molar-refractivity contribution in [1.82, 2.24) is 20.2 Å². The van der Waals surface area contributed by atoms with E-state index in [1.165, 1.54) is 6.26 Å². The lowest BCUT2D eigenvalue weighted by molar-refractivity contribution is 0.122. The first kappa shape index (κ1) is 16.9. The van der Waals surface area contributed by atoms with Crippen molar-refractivity contribution in [3.63, 3.8) is 0 Å². The van der Waals surface area contributed by atoms with Crippen molar-refractivity contribution >= 4 is 26.6 Å². The van der Waals surface area contributed by atoms with Crippen LogP contribution in [0.25, 0.3) is 22.3 Å². The van der Waals surface area contributed by atoms with Crippen molar-refractivity contribution in [2.75, 3.05) is 37.5 Å². The van der Waals surface area contributed by atoms with Gasteiger partial charge in [0.2, 0.25) is 0 Å². The lowest BCUT2D eigenvalue weighted by Crippen LogP contribution is -2.37. The van der Waals surface area contributed by atoms with E-state index >= 15 is 0 Å². The van der Waals surface area contributed by atoms with Gasteiger partial charge in [-0.1, -0.05) is 0 Å². The summed E-state index contributed by atoms with van der Waals surface area (Å²) < 4.78 is 28.9. The van der Waals surface area contributed by atoms with Crippen LogP contribution in [0, 0.1) is 0 Å². The van der Waals surface area contributed by atoms with E-state index in [2.05, 4.69) is 25.1 Å². The maximum atomic E-state index is 11.8. The first-order chi connectivity index (χ1) is 12.5. The highest BCUT2D eigenvalue weighted by molar-refractivity contribution is 7.89. The van der Waals surface area contributed by atoms with E-state index in [4.69, 9.17) is 4.74 Å². The highest BCUT2D eigenvalue weighted by atomic mass is 32.2. The Morgan fingerprint density at radius 3 is 2.77 bits per heavy atom. The summed E-state index contributed by atoms with van der Waals surface area (Å²) in [7, 11) is -3.20. The fraction of sp³-hybridized carbons (Fsp3) is 0.353. The molecule has 1 fully saturated rings. The molecular weight excluding hydrogens is 354 g/mol. The van der Waals surface area contributed by atoms with Crippen LogP contribution in [0.1, 0.15) is 5.69 Å². The number of hydrogen-bond acceptors (Lipinski definition) is 7. The molecule has 3 aromatic rings. The van der Waals surface area contributed by atoms with E-state index in [0.29, 0.717) is 24.7 Å². The van der Waals surface area contributed by atoms with Gasteiger partial charge in [0.15, 0.2) is 15.7 Å². The monoisotopic (exact) mass is 373 g/mol. The van der Waals surface area contributed by atoms with Crippen LogP contribution in [0.5, 0.6) is 0 Å². The van der Waals surface area contributed by atoms with Gasteiger partial charge in [0.05, 0.1) is 36.4 Å². The van der Waals surface area contributed by atoms with Crippen molar-refractivity contribution < 1.29 is 13.2 Å². The Hall–Kier alpha value is -2.52. The number of rotatable bonds is 4.